The average Bonchev–Trinajstić information content (AvgIpc) is 3.17. The molecule has 2 fully saturated rings. The molecule has 0 spiro atoms. The Morgan fingerprint density at radius 1 is 1.28 bits per heavy atom. The van der Waals surface area contributed by atoms with Crippen molar-refractivity contribution >= 4 is 23.2 Å². The number of benzene rings is 1. The van der Waals surface area contributed by atoms with Crippen molar-refractivity contribution in [3.63, 3.8) is 0 Å². The molecule has 1 aromatic carbocycles. The number of alkyl halides is 2. The van der Waals surface area contributed by atoms with Crippen LogP contribution in [-0.2, 0) is 22.6 Å². The molecule has 2 unspecified atom stereocenters. The van der Waals surface area contributed by atoms with E-state index in [1.54, 1.807) is 0 Å². The second-order valence-corrected chi connectivity index (χ2v) is 11.0. The molecule has 10 nitrogen and oxygen atoms in total. The summed E-state index contributed by atoms with van der Waals surface area (Å²) in [6, 6.07) is -0.0921. The Labute approximate surface area is 221 Å². The van der Waals surface area contributed by atoms with Gasteiger partial charge in [-0.15, -0.1) is 0 Å². The molecule has 3 aliphatic carbocycles. The summed E-state index contributed by atoms with van der Waals surface area (Å²) in [4.78, 5) is 28.7. The molecule has 0 aromatic heterocycles. The second-order valence-electron chi connectivity index (χ2n) is 11.0. The molecule has 5 rings (SSSR count). The molecule has 4 atom stereocenters. The lowest BCUT2D eigenvalue weighted by Gasteiger charge is -2.51. The lowest BCUT2D eigenvalue weighted by atomic mass is 9.57. The number of hydrogen-bond acceptors (Lipinski definition) is 9. The van der Waals surface area contributed by atoms with Gasteiger partial charge in [-0.2, -0.15) is 0 Å². The van der Waals surface area contributed by atoms with E-state index in [-0.39, 0.29) is 54.6 Å². The van der Waals surface area contributed by atoms with Gasteiger partial charge in [-0.1, -0.05) is 0 Å². The van der Waals surface area contributed by atoms with E-state index in [4.69, 9.17) is 11.1 Å². The minimum absolute atomic E-state index is 0.0408. The van der Waals surface area contributed by atoms with Gasteiger partial charge in [0.15, 0.2) is 5.60 Å². The Morgan fingerprint density at radius 2 is 1.95 bits per heavy atom. The number of fused-ring (bicyclic) bond motifs is 3. The highest BCUT2D eigenvalue weighted by Gasteiger charge is 2.63. The molecule has 1 aliphatic heterocycles. The van der Waals surface area contributed by atoms with E-state index in [1.807, 2.05) is 0 Å². The zero-order chi connectivity index (χ0) is 28.8. The highest BCUT2D eigenvalue weighted by molar-refractivity contribution is 6.33. The third-order valence-electron chi connectivity index (χ3n) is 8.43. The van der Waals surface area contributed by atoms with Crippen LogP contribution in [0.15, 0.2) is 23.0 Å². The van der Waals surface area contributed by atoms with Gasteiger partial charge in [0.05, 0.1) is 23.9 Å². The molecular weight excluding hydrogens is 521 g/mol. The van der Waals surface area contributed by atoms with Gasteiger partial charge in [0.2, 0.25) is 5.78 Å². The highest BCUT2D eigenvalue weighted by atomic mass is 19.3. The predicted molar refractivity (Wildman–Crippen MR) is 132 cm³/mol. The summed E-state index contributed by atoms with van der Waals surface area (Å²) in [6.07, 6.45) is -0.657. The van der Waals surface area contributed by atoms with Crippen LogP contribution in [0.5, 0.6) is 5.75 Å². The summed E-state index contributed by atoms with van der Waals surface area (Å²) in [6.45, 7) is -0.710. The van der Waals surface area contributed by atoms with Crippen molar-refractivity contribution < 1.29 is 43.2 Å². The Morgan fingerprint density at radius 3 is 2.51 bits per heavy atom. The van der Waals surface area contributed by atoms with Crippen molar-refractivity contribution in [2.24, 2.45) is 17.6 Å². The second kappa shape index (κ2) is 8.80. The molecular formula is C26H29F3N4O6. The number of rotatable bonds is 4. The van der Waals surface area contributed by atoms with Gasteiger partial charge in [-0.25, -0.2) is 13.2 Å². The summed E-state index contributed by atoms with van der Waals surface area (Å²) in [7, 11) is 3.06. The van der Waals surface area contributed by atoms with Crippen LogP contribution < -0.4 is 5.73 Å². The normalized spacial score (nSPS) is 30.5. The van der Waals surface area contributed by atoms with Crippen molar-refractivity contribution in [1.29, 1.82) is 5.41 Å². The van der Waals surface area contributed by atoms with Crippen LogP contribution in [-0.4, -0.2) is 92.4 Å². The molecule has 0 bridgehead atoms. The predicted octanol–water partition coefficient (Wildman–Crippen LogP) is 1.39. The standard InChI is InChI=1S/C26H29F3N4O6/c1-32(2)19-13-6-10-5-12-16(14(34)7-11(18(12)27)8-33-4-3-25(28,29)9-33)20(35)15(10)23(37)26(13,39)22(30)17(21(19)36)24(31)38/h7,10,13,19,30,34-36,39H,3-6,8-9H2,1-2H3,(H2,31,38)/t10?,13?,19-,26+/m0/s1. The summed E-state index contributed by atoms with van der Waals surface area (Å²) in [5, 5.41) is 52.9. The number of hydrogen-bond donors (Lipinski definition) is 6. The maximum absolute atomic E-state index is 15.8. The minimum atomic E-state index is -2.90. The molecule has 1 amide bonds. The first-order valence-electron chi connectivity index (χ1n) is 12.4. The number of ketones is 1. The first kappa shape index (κ1) is 27.2. The summed E-state index contributed by atoms with van der Waals surface area (Å²) in [5.74, 6) is -10.0. The van der Waals surface area contributed by atoms with Gasteiger partial charge < -0.3 is 31.6 Å². The minimum Gasteiger partial charge on any atom is -0.510 e. The third-order valence-corrected chi connectivity index (χ3v) is 8.43. The SMILES string of the molecule is CN(C)[C@@H]1C(O)=C(C(N)=O)C(=N)[C@@]2(O)C(=O)C3=C(O)c4c(O)cc(CN5CCC(F)(F)C5)c(F)c4CC3CC12. The van der Waals surface area contributed by atoms with E-state index in [1.165, 1.54) is 23.9 Å². The fraction of sp³-hybridized carbons (Fsp3) is 0.500. The van der Waals surface area contributed by atoms with Crippen LogP contribution in [0.3, 0.4) is 0 Å². The molecule has 1 saturated carbocycles. The van der Waals surface area contributed by atoms with E-state index in [0.717, 1.165) is 6.07 Å². The highest BCUT2D eigenvalue weighted by Crippen LogP contribution is 2.52. The first-order chi connectivity index (χ1) is 18.1. The molecule has 1 heterocycles. The molecule has 0 radical (unpaired) electrons. The van der Waals surface area contributed by atoms with Crippen molar-refractivity contribution in [1.82, 2.24) is 9.80 Å². The number of phenols is 1. The Balaban J connectivity index is 1.61. The van der Waals surface area contributed by atoms with Crippen molar-refractivity contribution in [3.05, 3.63) is 45.5 Å². The molecule has 39 heavy (non-hydrogen) atoms. The molecule has 210 valence electrons. The van der Waals surface area contributed by atoms with Gasteiger partial charge >= 0.3 is 0 Å². The molecule has 13 heteroatoms. The van der Waals surface area contributed by atoms with Crippen LogP contribution in [0, 0.1) is 23.1 Å². The van der Waals surface area contributed by atoms with Crippen molar-refractivity contribution in [3.8, 4) is 5.75 Å². The smallest absolute Gasteiger partial charge is 0.261 e. The van der Waals surface area contributed by atoms with Crippen LogP contribution in [0.25, 0.3) is 5.76 Å². The number of carbonyl (C=O) groups is 2. The molecule has 1 saturated heterocycles. The number of primary amides is 1. The lowest BCUT2D eigenvalue weighted by molar-refractivity contribution is -0.138. The van der Waals surface area contributed by atoms with Gasteiger partial charge in [0.25, 0.3) is 11.8 Å². The van der Waals surface area contributed by atoms with E-state index in [2.05, 4.69) is 0 Å². The van der Waals surface area contributed by atoms with E-state index >= 15 is 4.39 Å². The number of carbonyl (C=O) groups excluding carboxylic acids is 2. The number of amides is 1. The molecule has 1 aromatic rings. The van der Waals surface area contributed by atoms with Crippen LogP contribution in [0.4, 0.5) is 13.2 Å². The lowest BCUT2D eigenvalue weighted by Crippen LogP contribution is -2.67. The Hall–Kier alpha value is -3.42. The van der Waals surface area contributed by atoms with Gasteiger partial charge in [-0.3, -0.25) is 19.4 Å². The average molecular weight is 551 g/mol. The maximum atomic E-state index is 15.8. The quantitative estimate of drug-likeness (QED) is 0.327. The largest absolute Gasteiger partial charge is 0.510 e. The topological polar surface area (TPSA) is 171 Å². The number of Topliss-reactive ketones (excluding diaryl/α,β-unsaturated/α-hetero) is 1. The van der Waals surface area contributed by atoms with E-state index < -0.39 is 82.0 Å². The van der Waals surface area contributed by atoms with Crippen molar-refractivity contribution in [2.75, 3.05) is 27.2 Å². The number of aliphatic hydroxyl groups is 3. The molecule has 4 aliphatic rings. The van der Waals surface area contributed by atoms with Crippen LogP contribution in [0.2, 0.25) is 0 Å². The number of likely N-dealkylation sites (N-methyl/N-ethyl adjacent to an activating group) is 1. The van der Waals surface area contributed by atoms with Gasteiger partial charge in [0.1, 0.15) is 28.7 Å². The number of phenolic OH excluding ortho intramolecular Hbond substituents is 1. The van der Waals surface area contributed by atoms with Crippen molar-refractivity contribution in [2.45, 2.75) is 43.4 Å². The monoisotopic (exact) mass is 550 g/mol. The first-order valence-corrected chi connectivity index (χ1v) is 12.4. The number of halogens is 3. The summed E-state index contributed by atoms with van der Waals surface area (Å²) in [5.41, 5.74) is 0.265. The molecule has 7 N–H and O–H groups in total. The van der Waals surface area contributed by atoms with Gasteiger partial charge in [-0.05, 0) is 38.9 Å². The zero-order valence-corrected chi connectivity index (χ0v) is 21.3. The van der Waals surface area contributed by atoms with Gasteiger partial charge in [0, 0.05) is 42.1 Å². The summed E-state index contributed by atoms with van der Waals surface area (Å²) >= 11 is 0. The number of nitrogens with zero attached hydrogens (tertiary/aromatic N) is 2. The number of nitrogens with two attached hydrogens (primary N) is 1. The van der Waals surface area contributed by atoms with Crippen LogP contribution >= 0.6 is 0 Å². The number of likely N-dealkylation sites (tertiary alicyclic amines) is 1. The van der Waals surface area contributed by atoms with E-state index in [0.29, 0.717) is 0 Å². The Bertz CT molecular complexity index is 1390. The Kier molecular flexibility index (Phi) is 6.13. The van der Waals surface area contributed by atoms with E-state index in [9.17, 15) is 38.8 Å². The summed E-state index contributed by atoms with van der Waals surface area (Å²) < 4.78 is 43.1. The number of nitrogens with one attached hydrogen (secondary N) is 1. The zero-order valence-electron chi connectivity index (χ0n) is 21.3. The maximum Gasteiger partial charge on any atom is 0.261 e. The third kappa shape index (κ3) is 3.85. The fourth-order valence-corrected chi connectivity index (χ4v) is 6.70. The number of aromatic hydroxyl groups is 1. The fourth-order valence-electron chi connectivity index (χ4n) is 6.70. The number of aliphatic hydroxyl groups excluding tert-OH is 2. The van der Waals surface area contributed by atoms with Crippen LogP contribution in [0.1, 0.15) is 29.5 Å².